The first-order chi connectivity index (χ1) is 9.09. The van der Waals surface area contributed by atoms with Crippen LogP contribution in [0, 0.1) is 5.41 Å². The summed E-state index contributed by atoms with van der Waals surface area (Å²) in [6.45, 7) is 6.86. The standard InChI is InChI=1S/C15H22N4/c1-4-10-8-16-13-12(10)14(18-9-17-13)19-11-5-6-15(2,3)7-11/h8-9,11H,4-7H2,1-3H3,(H2,16,17,18,19). The molecule has 102 valence electrons. The van der Waals surface area contributed by atoms with E-state index in [1.807, 2.05) is 6.20 Å². The van der Waals surface area contributed by atoms with Gasteiger partial charge in [-0.15, -0.1) is 0 Å². The zero-order valence-corrected chi connectivity index (χ0v) is 12.0. The van der Waals surface area contributed by atoms with Crippen LogP contribution < -0.4 is 5.32 Å². The smallest absolute Gasteiger partial charge is 0.143 e. The third-order valence-electron chi connectivity index (χ3n) is 4.24. The lowest BCUT2D eigenvalue weighted by Gasteiger charge is -2.18. The van der Waals surface area contributed by atoms with Gasteiger partial charge in [0.15, 0.2) is 0 Å². The summed E-state index contributed by atoms with van der Waals surface area (Å²) in [5, 5.41) is 4.79. The average molecular weight is 258 g/mol. The van der Waals surface area contributed by atoms with Gasteiger partial charge < -0.3 is 10.3 Å². The van der Waals surface area contributed by atoms with Gasteiger partial charge in [0.05, 0.1) is 5.39 Å². The first-order valence-electron chi connectivity index (χ1n) is 7.16. The molecule has 1 saturated carbocycles. The topological polar surface area (TPSA) is 53.6 Å². The van der Waals surface area contributed by atoms with Crippen molar-refractivity contribution in [3.05, 3.63) is 18.1 Å². The second-order valence-electron chi connectivity index (χ2n) is 6.36. The van der Waals surface area contributed by atoms with Crippen molar-refractivity contribution in [2.45, 2.75) is 52.5 Å². The first-order valence-corrected chi connectivity index (χ1v) is 7.16. The Bertz CT molecular complexity index is 585. The van der Waals surface area contributed by atoms with Crippen LogP contribution in [0.5, 0.6) is 0 Å². The van der Waals surface area contributed by atoms with Gasteiger partial charge in [-0.05, 0) is 36.7 Å². The van der Waals surface area contributed by atoms with Crippen molar-refractivity contribution < 1.29 is 0 Å². The Hall–Kier alpha value is -1.58. The van der Waals surface area contributed by atoms with Crippen LogP contribution in [0.4, 0.5) is 5.82 Å². The molecule has 1 atom stereocenters. The maximum Gasteiger partial charge on any atom is 0.143 e. The predicted molar refractivity (Wildman–Crippen MR) is 78.3 cm³/mol. The Labute approximate surface area is 114 Å². The number of anilines is 1. The van der Waals surface area contributed by atoms with Crippen LogP contribution in [0.25, 0.3) is 11.0 Å². The number of rotatable bonds is 3. The van der Waals surface area contributed by atoms with Gasteiger partial charge in [-0.2, -0.15) is 0 Å². The molecule has 0 aromatic carbocycles. The second kappa shape index (κ2) is 4.51. The second-order valence-corrected chi connectivity index (χ2v) is 6.36. The van der Waals surface area contributed by atoms with Crippen molar-refractivity contribution in [2.75, 3.05) is 5.32 Å². The monoisotopic (exact) mass is 258 g/mol. The van der Waals surface area contributed by atoms with Crippen molar-refractivity contribution in [3.8, 4) is 0 Å². The van der Waals surface area contributed by atoms with Crippen LogP contribution in [-0.2, 0) is 6.42 Å². The molecule has 4 heteroatoms. The maximum absolute atomic E-state index is 4.46. The molecule has 2 aromatic heterocycles. The minimum Gasteiger partial charge on any atom is -0.367 e. The van der Waals surface area contributed by atoms with Crippen molar-refractivity contribution in [1.82, 2.24) is 15.0 Å². The van der Waals surface area contributed by atoms with Gasteiger partial charge in [-0.1, -0.05) is 20.8 Å². The molecule has 19 heavy (non-hydrogen) atoms. The fourth-order valence-corrected chi connectivity index (χ4v) is 3.17. The van der Waals surface area contributed by atoms with Gasteiger partial charge in [-0.3, -0.25) is 0 Å². The van der Waals surface area contributed by atoms with E-state index in [9.17, 15) is 0 Å². The van der Waals surface area contributed by atoms with E-state index in [1.165, 1.54) is 24.8 Å². The largest absolute Gasteiger partial charge is 0.367 e. The zero-order chi connectivity index (χ0) is 13.5. The van der Waals surface area contributed by atoms with E-state index in [0.29, 0.717) is 11.5 Å². The molecule has 4 nitrogen and oxygen atoms in total. The highest BCUT2D eigenvalue weighted by molar-refractivity contribution is 5.90. The molecule has 1 aliphatic rings. The van der Waals surface area contributed by atoms with Crippen molar-refractivity contribution in [3.63, 3.8) is 0 Å². The number of aromatic nitrogens is 3. The van der Waals surface area contributed by atoms with Crippen LogP contribution in [0.1, 0.15) is 45.6 Å². The lowest BCUT2D eigenvalue weighted by atomic mass is 9.92. The summed E-state index contributed by atoms with van der Waals surface area (Å²) in [5.74, 6) is 0.991. The van der Waals surface area contributed by atoms with Gasteiger partial charge in [0, 0.05) is 12.2 Å². The van der Waals surface area contributed by atoms with E-state index >= 15 is 0 Å². The number of hydrogen-bond acceptors (Lipinski definition) is 3. The van der Waals surface area contributed by atoms with E-state index in [1.54, 1.807) is 6.33 Å². The van der Waals surface area contributed by atoms with Crippen LogP contribution in [-0.4, -0.2) is 21.0 Å². The Morgan fingerprint density at radius 3 is 2.95 bits per heavy atom. The van der Waals surface area contributed by atoms with Crippen molar-refractivity contribution >= 4 is 16.9 Å². The Morgan fingerprint density at radius 1 is 1.42 bits per heavy atom. The molecule has 1 fully saturated rings. The third kappa shape index (κ3) is 2.31. The van der Waals surface area contributed by atoms with Crippen molar-refractivity contribution in [2.24, 2.45) is 5.41 Å². The molecule has 2 heterocycles. The fraction of sp³-hybridized carbons (Fsp3) is 0.600. The van der Waals surface area contributed by atoms with Crippen LogP contribution >= 0.6 is 0 Å². The number of nitrogens with zero attached hydrogens (tertiary/aromatic N) is 2. The van der Waals surface area contributed by atoms with Crippen molar-refractivity contribution in [1.29, 1.82) is 0 Å². The van der Waals surface area contributed by atoms with E-state index in [4.69, 9.17) is 0 Å². The SMILES string of the molecule is CCc1c[nH]c2ncnc(NC3CCC(C)(C)C3)c12. The lowest BCUT2D eigenvalue weighted by molar-refractivity contribution is 0.378. The normalized spacial score (nSPS) is 21.9. The summed E-state index contributed by atoms with van der Waals surface area (Å²) >= 11 is 0. The molecule has 0 bridgehead atoms. The fourth-order valence-electron chi connectivity index (χ4n) is 3.17. The quantitative estimate of drug-likeness (QED) is 0.885. The van der Waals surface area contributed by atoms with Gasteiger partial charge in [-0.25, -0.2) is 9.97 Å². The minimum absolute atomic E-state index is 0.454. The molecular formula is C15H22N4. The molecule has 0 amide bonds. The molecule has 0 aliphatic heterocycles. The summed E-state index contributed by atoms with van der Waals surface area (Å²) in [7, 11) is 0. The molecule has 1 unspecified atom stereocenters. The lowest BCUT2D eigenvalue weighted by Crippen LogP contribution is -2.18. The summed E-state index contributed by atoms with van der Waals surface area (Å²) in [4.78, 5) is 12.0. The number of fused-ring (bicyclic) bond motifs is 1. The summed E-state index contributed by atoms with van der Waals surface area (Å²) in [6, 6.07) is 0.535. The number of H-pyrrole nitrogens is 1. The Balaban J connectivity index is 1.91. The third-order valence-corrected chi connectivity index (χ3v) is 4.24. The number of nitrogens with one attached hydrogen (secondary N) is 2. The van der Waals surface area contributed by atoms with Gasteiger partial charge in [0.25, 0.3) is 0 Å². The van der Waals surface area contributed by atoms with E-state index in [-0.39, 0.29) is 0 Å². The molecule has 0 radical (unpaired) electrons. The number of hydrogen-bond donors (Lipinski definition) is 2. The summed E-state index contributed by atoms with van der Waals surface area (Å²) < 4.78 is 0. The van der Waals surface area contributed by atoms with E-state index in [0.717, 1.165) is 23.3 Å². The highest BCUT2D eigenvalue weighted by Crippen LogP contribution is 2.38. The first kappa shape index (κ1) is 12.5. The highest BCUT2D eigenvalue weighted by Gasteiger charge is 2.31. The van der Waals surface area contributed by atoms with Crippen LogP contribution in [0.3, 0.4) is 0 Å². The molecule has 0 saturated heterocycles. The molecule has 0 spiro atoms. The molecule has 2 N–H and O–H groups in total. The van der Waals surface area contributed by atoms with Gasteiger partial charge in [0.1, 0.15) is 17.8 Å². The Morgan fingerprint density at radius 2 is 2.26 bits per heavy atom. The van der Waals surface area contributed by atoms with Gasteiger partial charge >= 0.3 is 0 Å². The maximum atomic E-state index is 4.46. The molecule has 2 aromatic rings. The van der Waals surface area contributed by atoms with Crippen LogP contribution in [0.2, 0.25) is 0 Å². The molecule has 1 aliphatic carbocycles. The number of aryl methyl sites for hydroxylation is 1. The van der Waals surface area contributed by atoms with E-state index in [2.05, 4.69) is 41.0 Å². The summed E-state index contributed by atoms with van der Waals surface area (Å²) in [6.07, 6.45) is 8.41. The zero-order valence-electron chi connectivity index (χ0n) is 12.0. The molecule has 3 rings (SSSR count). The average Bonchev–Trinajstić information content (AvgIpc) is 2.93. The summed E-state index contributed by atoms with van der Waals surface area (Å²) in [5.41, 5.74) is 2.68. The minimum atomic E-state index is 0.454. The van der Waals surface area contributed by atoms with E-state index < -0.39 is 0 Å². The Kier molecular flexibility index (Phi) is 2.96. The number of aromatic amines is 1. The highest BCUT2D eigenvalue weighted by atomic mass is 15.1. The van der Waals surface area contributed by atoms with Gasteiger partial charge in [0.2, 0.25) is 0 Å². The molecular weight excluding hydrogens is 236 g/mol. The predicted octanol–water partition coefficient (Wildman–Crippen LogP) is 3.51. The van der Waals surface area contributed by atoms with Crippen LogP contribution in [0.15, 0.2) is 12.5 Å².